The predicted molar refractivity (Wildman–Crippen MR) is 382 cm³/mol. The van der Waals surface area contributed by atoms with E-state index in [0.717, 1.165) is 71.7 Å². The number of aliphatic hydroxyl groups excluding tert-OH is 1. The van der Waals surface area contributed by atoms with E-state index in [-0.39, 0.29) is 14.5 Å². The van der Waals surface area contributed by atoms with Crippen LogP contribution >= 0.6 is 7.92 Å². The number of nitrogens with zero attached hydrogens (tertiary/aromatic N) is 3. The van der Waals surface area contributed by atoms with Gasteiger partial charge in [0, 0.05) is 61.9 Å². The van der Waals surface area contributed by atoms with Crippen molar-refractivity contribution >= 4 is 54.5 Å². The second-order valence-corrected chi connectivity index (χ2v) is 31.2. The molecule has 5 N–H and O–H groups in total. The number of nitrogens with two attached hydrogens (primary N) is 1. The zero-order valence-corrected chi connectivity index (χ0v) is 60.9. The molecule has 2 saturated carbocycles. The van der Waals surface area contributed by atoms with Gasteiger partial charge in [0.25, 0.3) is 0 Å². The van der Waals surface area contributed by atoms with Crippen molar-refractivity contribution in [2.45, 2.75) is 148 Å². The van der Waals surface area contributed by atoms with Crippen LogP contribution in [0.2, 0.25) is 0 Å². The van der Waals surface area contributed by atoms with Gasteiger partial charge in [-0.1, -0.05) is 149 Å². The van der Waals surface area contributed by atoms with Crippen molar-refractivity contribution in [2.75, 3.05) is 71.2 Å². The molecule has 0 aliphatic heterocycles. The number of rotatable bonds is 20. The fraction of sp³-hybridized carbons (Fsp3) is 0.432. The maximum atomic E-state index is 9.08. The Bertz CT molecular complexity index is 3780. The van der Waals surface area contributed by atoms with E-state index in [1.807, 2.05) is 73.5 Å². The molecule has 2 aromatic heterocycles. The summed E-state index contributed by atoms with van der Waals surface area (Å²) >= 11 is 3.23. The fourth-order valence-corrected chi connectivity index (χ4v) is 16.8. The number of methoxy groups -OCH3 is 3. The van der Waals surface area contributed by atoms with Gasteiger partial charge in [-0.05, 0) is 124 Å². The van der Waals surface area contributed by atoms with Crippen LogP contribution in [0, 0.1) is 6.92 Å². The first-order chi connectivity index (χ1) is 44.8. The molecule has 8 aromatic rings. The van der Waals surface area contributed by atoms with E-state index in [2.05, 4.69) is 157 Å². The molecule has 0 unspecified atom stereocenters. The first-order valence-electron chi connectivity index (χ1n) is 32.5. The number of anilines is 2. The Kier molecular flexibility index (Phi) is 30.7. The summed E-state index contributed by atoms with van der Waals surface area (Å²) in [4.78, 5) is 4.88. The van der Waals surface area contributed by atoms with E-state index in [9.17, 15) is 0 Å². The number of ether oxygens (including phenoxy) is 3. The van der Waals surface area contributed by atoms with Crippen LogP contribution in [0.25, 0.3) is 50.4 Å². The van der Waals surface area contributed by atoms with Crippen molar-refractivity contribution in [1.29, 1.82) is 0 Å². The van der Waals surface area contributed by atoms with Gasteiger partial charge in [0.1, 0.15) is 11.5 Å². The summed E-state index contributed by atoms with van der Waals surface area (Å²) in [6.07, 6.45) is 17.0. The molecule has 0 bridgehead atoms. The summed E-state index contributed by atoms with van der Waals surface area (Å²) in [7, 11) is -2.77. The predicted octanol–water partition coefficient (Wildman–Crippen LogP) is 14.5. The van der Waals surface area contributed by atoms with Crippen LogP contribution in [0.5, 0.6) is 11.5 Å². The first kappa shape index (κ1) is 76.9. The standard InChI is InChI=1S/C35H53O2P.C25H29N5O2.C12H10N.2CH4O3S.Pd/c1-23(2)26-21-29(24(3)4)33(30(22-26)25(5)6)34-31(36-7)19-20-32(37-8)35(34)38(27-15-11-9-12-16-27)28-17-13-10-14-18-28;1-18-21(20-7-4-3-5-8-20)9-6-10-22(18)24-28-25-23(27-12-14-32-2)15-19(16-26-11-13-31)17-30(25)29-24;13-12-9-5-4-8-11(12)10-6-2-1-3-7-10;2*1-5(2,3)4;/h19-25,27-28H,9-18H2,1-8H3;3-10,15,17,26-27,31H,11-14,16H2,1-2H3;1-6,8-9H,13H2;2*1H3,(H,2,3,4);/q;;;;;+2/p-2. The second kappa shape index (κ2) is 37.4. The fourth-order valence-electron chi connectivity index (χ4n) is 12.2. The minimum atomic E-state index is -3.92. The Balaban J connectivity index is 0.000000223. The van der Waals surface area contributed by atoms with E-state index in [1.54, 1.807) is 7.11 Å². The van der Waals surface area contributed by atoms with Gasteiger partial charge in [0.2, 0.25) is 0 Å². The molecule has 10 rings (SSSR count). The Morgan fingerprint density at radius 3 is 1.70 bits per heavy atom. The Morgan fingerprint density at radius 2 is 1.18 bits per heavy atom. The summed E-state index contributed by atoms with van der Waals surface area (Å²) in [6, 6.07) is 44.1. The van der Waals surface area contributed by atoms with Crippen LogP contribution in [0.4, 0.5) is 11.4 Å². The van der Waals surface area contributed by atoms with E-state index in [1.165, 1.54) is 108 Å². The number of nitrogens with one attached hydrogen (secondary N) is 2. The molecule has 0 spiro atoms. The van der Waals surface area contributed by atoms with Crippen LogP contribution in [0.1, 0.15) is 151 Å². The molecular formula is C74H98N6O10PPdS2. The topological polar surface area (TPSA) is 243 Å². The van der Waals surface area contributed by atoms with Crippen molar-refractivity contribution in [3.63, 3.8) is 0 Å². The molecular weight excluding hydrogens is 1330 g/mol. The number of aliphatic hydroxyl groups is 1. The van der Waals surface area contributed by atoms with Gasteiger partial charge in [-0.25, -0.2) is 26.3 Å². The number of nitrogen functional groups attached to an aromatic ring is 1. The molecule has 2 heterocycles. The van der Waals surface area contributed by atoms with E-state index in [4.69, 9.17) is 61.1 Å². The normalized spacial score (nSPS) is 13.7. The van der Waals surface area contributed by atoms with Crippen molar-refractivity contribution in [3.05, 3.63) is 161 Å². The van der Waals surface area contributed by atoms with E-state index >= 15 is 0 Å². The molecule has 511 valence electrons. The van der Waals surface area contributed by atoms with Gasteiger partial charge in [0.15, 0.2) is 11.5 Å². The summed E-state index contributed by atoms with van der Waals surface area (Å²) in [5.41, 5.74) is 24.9. The molecule has 2 aliphatic carbocycles. The average Bonchev–Trinajstić information content (AvgIpc) is 0.831. The molecule has 6 aromatic carbocycles. The average molecular weight is 1430 g/mol. The monoisotopic (exact) mass is 1430 g/mol. The van der Waals surface area contributed by atoms with Crippen LogP contribution in [-0.4, -0.2) is 117 Å². The number of pyridine rings is 1. The molecule has 0 amide bonds. The number of hydrogen-bond donors (Lipinski definition) is 4. The summed E-state index contributed by atoms with van der Waals surface area (Å²) in [6.45, 7) is 18.8. The first-order valence-corrected chi connectivity index (χ1v) is 38.4. The molecule has 2 fully saturated rings. The van der Waals surface area contributed by atoms with Gasteiger partial charge < -0.3 is 39.1 Å². The van der Waals surface area contributed by atoms with Crippen LogP contribution in [0.15, 0.2) is 134 Å². The van der Waals surface area contributed by atoms with E-state index < -0.39 is 20.2 Å². The van der Waals surface area contributed by atoms with Crippen molar-refractivity contribution in [2.24, 2.45) is 0 Å². The maximum absolute atomic E-state index is 9.08. The Morgan fingerprint density at radius 1 is 0.660 bits per heavy atom. The SMILES string of the molecule is COCCNc1cc(CNCCO)cn2nc(-c3cccc(-c4ccccc4)c3C)nc12.COc1ccc(OC)c(P(C2CCCCC2)C2CCCCC2)c1-c1c(C(C)C)cc(C(C)C)cc1C(C)C.CS(=O)(=O)[O-].CS(=O)(=O)[O-].Nc1ccccc1-c1cccc[c]1[Pd+2]. The zero-order valence-electron chi connectivity index (χ0n) is 56.8. The number of aromatic nitrogens is 3. The number of para-hydroxylation sites is 1. The van der Waals surface area contributed by atoms with Crippen LogP contribution < -0.4 is 35.2 Å². The molecule has 0 radical (unpaired) electrons. The van der Waals surface area contributed by atoms with E-state index in [0.29, 0.717) is 62.3 Å². The Hall–Kier alpha value is -6.07. The van der Waals surface area contributed by atoms with Crippen molar-refractivity contribution in [1.82, 2.24) is 19.9 Å². The number of hydrogen-bond acceptors (Lipinski definition) is 15. The van der Waals surface area contributed by atoms with Gasteiger partial charge >= 0.3 is 94.3 Å². The molecule has 20 heteroatoms. The quantitative estimate of drug-likeness (QED) is 0.0182. The van der Waals surface area contributed by atoms with Crippen molar-refractivity contribution < 1.29 is 64.5 Å². The van der Waals surface area contributed by atoms with Crippen molar-refractivity contribution in [3.8, 4) is 56.3 Å². The molecule has 16 nitrogen and oxygen atoms in total. The van der Waals surface area contributed by atoms with Gasteiger partial charge in [-0.15, -0.1) is 5.10 Å². The molecule has 0 saturated heterocycles. The molecule has 2 aliphatic rings. The third-order valence-corrected chi connectivity index (χ3v) is 20.9. The zero-order chi connectivity index (χ0) is 68.7. The van der Waals surface area contributed by atoms with Crippen LogP contribution in [0.3, 0.4) is 0 Å². The summed E-state index contributed by atoms with van der Waals surface area (Å²) in [5, 5.41) is 22.0. The second-order valence-electron chi connectivity index (χ2n) is 24.8. The summed E-state index contributed by atoms with van der Waals surface area (Å²) in [5.74, 6) is 4.19. The number of fused-ring (bicyclic) bond motifs is 1. The number of benzene rings is 6. The Labute approximate surface area is 572 Å². The summed E-state index contributed by atoms with van der Waals surface area (Å²) < 4.78 is 75.1. The third kappa shape index (κ3) is 22.8. The minimum absolute atomic E-state index is 0.103. The third-order valence-electron chi connectivity index (χ3n) is 16.6. The van der Waals surface area contributed by atoms with Gasteiger partial charge in [0.05, 0.1) is 53.4 Å². The van der Waals surface area contributed by atoms with Crippen LogP contribution in [-0.2, 0) is 50.7 Å². The molecule has 0 atom stereocenters. The van der Waals surface area contributed by atoms with Gasteiger partial charge in [-0.3, -0.25) is 0 Å². The van der Waals surface area contributed by atoms with Gasteiger partial charge in [-0.2, -0.15) is 0 Å². The molecule has 94 heavy (non-hydrogen) atoms.